The summed E-state index contributed by atoms with van der Waals surface area (Å²) in [7, 11) is -3.35. The second-order valence-electron chi connectivity index (χ2n) is 28.3. The number of aliphatic hydroxyl groups excluding tert-OH is 2. The molecule has 0 bridgehead atoms. The highest BCUT2D eigenvalue weighted by molar-refractivity contribution is 9.09. The Bertz CT molecular complexity index is 4220. The van der Waals surface area contributed by atoms with Crippen LogP contribution in [0.15, 0.2) is 77.7 Å². The quantitative estimate of drug-likeness (QED) is 0.0109. The number of esters is 1. The SMILES string of the molecule is CCOC(=O)CBr.CNC(=O)CO[C@@H]1[C@H](C)[C@@H](CCP(C)(C)=O)O[C@H]1n1cc(C)c(=O)n(COCc2ccccc2)c1=O.CNC(=O)CO[C@@H]1[C@H](O)[C@@H](CCP(C)(C)=O)O[C@H]1n1cc(C)c(=O)[nH]c1=O.CO.[C-]#[N+]CCOP(O[C@H]1[C@@H](OCC(=O)NC)[C@H](n2cc(C)c(=O)[nH]c2=O)O[C@@H]1CCP(C)(C)=O)N(C(C)C)C(C)C. The summed E-state index contributed by atoms with van der Waals surface area (Å²) in [5.41, 5.74) is -1.67. The maximum Gasteiger partial charge on any atom is 0.335 e. The number of carbonyl (C=O) groups excluding carboxylic acids is 4. The number of ether oxygens (including phenoxy) is 8. The Labute approximate surface area is 662 Å². The summed E-state index contributed by atoms with van der Waals surface area (Å²) in [6.07, 6.45) is -2.76. The van der Waals surface area contributed by atoms with Crippen molar-refractivity contribution in [3.8, 4) is 0 Å². The molecule has 3 aromatic heterocycles. The van der Waals surface area contributed by atoms with Gasteiger partial charge in [0.15, 0.2) is 18.7 Å². The largest absolute Gasteiger partial charge is 0.465 e. The molecular weight excluding hydrogens is 1610 g/mol. The molecule has 3 aliphatic rings. The van der Waals surface area contributed by atoms with E-state index in [1.165, 1.54) is 55.8 Å². The first-order valence-corrected chi connectivity index (χ1v) is 46.9. The van der Waals surface area contributed by atoms with Crippen LogP contribution in [0.2, 0.25) is 0 Å². The average Bonchev–Trinajstić information content (AvgIpc) is 1.66. The van der Waals surface area contributed by atoms with Crippen molar-refractivity contribution < 1.29 is 90.0 Å². The number of hydrogen-bond acceptors (Lipinski definition) is 26. The molecule has 1 aromatic carbocycles. The van der Waals surface area contributed by atoms with E-state index < -0.39 is 131 Å². The molecule has 36 nitrogen and oxygen atoms in total. The van der Waals surface area contributed by atoms with Gasteiger partial charge in [0.05, 0.1) is 53.0 Å². The van der Waals surface area contributed by atoms with E-state index in [0.717, 1.165) is 21.8 Å². The van der Waals surface area contributed by atoms with Crippen molar-refractivity contribution >= 4 is 69.6 Å². The molecule has 3 fully saturated rings. The standard InChI is InChI=1S/C25H43N5O8P2.C25H36N3O7P.C16H26N3O7P.C4H7BrO2.CH4O/c1-16(2)30(17(3)4)39(36-12-11-26-6)38-21-19(10-13-40(8,9)34)37-24(22(21)35-15-20(31)27-7)29-14-18(5)23(32)28-25(29)33;1-17-13-27(25(31)28(23(17)30)16-33-14-19-9-7-6-8-10-19)24-22(34-15-21(29)26-3)18(2)20(35-24)11-12-36(4,5)32;1-9-7-19(16(23)18-14(9)22)15-13(25-8-11(20)17-2)12(21)10(26-15)5-6-27(3,4)24;1-2-7-4(6)3-5;1-2/h14,16-17,19,21-22,24H,10-13,15H2,1-5,7-9H3,(H,27,31)(H,28,32,33);6-10,13,18,20,22,24H,11-12,14-16H2,1-5H3,(H,26,29);7,10,12-13,15,21H,5-6,8H2,1-4H3,(H,17,20)(H,18,22,23);2-3H2,1H3;2H,1H3/t19-,21-,22-,24-,39?;18-,20-,22-,24-;10-,12-,13-,15-;;/m111../s1. The number of alkyl halides is 1. The Morgan fingerprint density at radius 3 is 1.53 bits per heavy atom. The fraction of sp³-hybridized carbons (Fsp3) is 0.676. The summed E-state index contributed by atoms with van der Waals surface area (Å²) in [6.45, 7) is 33.6. The van der Waals surface area contributed by atoms with Gasteiger partial charge in [-0.25, -0.2) is 30.2 Å². The topological polar surface area (TPSA) is 450 Å². The number of rotatable bonds is 35. The monoisotopic (exact) mass is 1730 g/mol. The Hall–Kier alpha value is -6.25. The average molecular weight is 1730 g/mol. The maximum absolute atomic E-state index is 13.4. The van der Waals surface area contributed by atoms with Crippen molar-refractivity contribution in [1.29, 1.82) is 0 Å². The van der Waals surface area contributed by atoms with Gasteiger partial charge in [-0.1, -0.05) is 53.2 Å². The van der Waals surface area contributed by atoms with E-state index in [9.17, 15) is 66.7 Å². The van der Waals surface area contributed by atoms with Gasteiger partial charge >= 0.3 is 23.0 Å². The number of nitrogens with one attached hydrogen (secondary N) is 5. The van der Waals surface area contributed by atoms with Crippen LogP contribution in [0, 0.1) is 33.3 Å². The third-order valence-electron chi connectivity index (χ3n) is 17.3. The van der Waals surface area contributed by atoms with Crippen molar-refractivity contribution in [2.45, 2.75) is 175 Å². The smallest absolute Gasteiger partial charge is 0.335 e. The van der Waals surface area contributed by atoms with Crippen molar-refractivity contribution in [1.82, 2.24) is 48.9 Å². The Morgan fingerprint density at radius 1 is 0.652 bits per heavy atom. The number of carbonyl (C=O) groups is 4. The number of hydrogen-bond donors (Lipinski definition) is 7. The van der Waals surface area contributed by atoms with Gasteiger partial charge in [0.25, 0.3) is 25.2 Å². The molecule has 13 atom stereocenters. The first-order valence-electron chi connectivity index (χ1n) is 36.2. The van der Waals surface area contributed by atoms with E-state index in [4.69, 9.17) is 53.9 Å². The zero-order valence-corrected chi connectivity index (χ0v) is 72.6. The lowest BCUT2D eigenvalue weighted by Crippen LogP contribution is -2.45. The molecule has 0 aliphatic carbocycles. The minimum absolute atomic E-state index is 0.0248. The summed E-state index contributed by atoms with van der Waals surface area (Å²) in [6, 6.07) is 9.50. The number of aromatic amines is 2. The van der Waals surface area contributed by atoms with Crippen LogP contribution in [-0.2, 0) is 93.2 Å². The second-order valence-corrected chi connectivity index (χ2v) is 41.1. The molecule has 0 spiro atoms. The molecule has 4 aromatic rings. The number of aryl methyl sites for hydroxylation is 3. The number of halogens is 1. The van der Waals surface area contributed by atoms with Gasteiger partial charge < -0.3 is 91.6 Å². The van der Waals surface area contributed by atoms with Crippen LogP contribution in [0.25, 0.3) is 4.85 Å². The first-order chi connectivity index (χ1) is 52.5. The van der Waals surface area contributed by atoms with E-state index in [2.05, 4.69) is 56.1 Å². The van der Waals surface area contributed by atoms with Crippen LogP contribution in [0.1, 0.15) is 102 Å². The van der Waals surface area contributed by atoms with Gasteiger partial charge in [-0.3, -0.25) is 57.2 Å². The summed E-state index contributed by atoms with van der Waals surface area (Å²) in [5, 5.41) is 25.3. The lowest BCUT2D eigenvalue weighted by atomic mass is 9.98. The number of H-pyrrole nitrogens is 2. The molecule has 1 unspecified atom stereocenters. The highest BCUT2D eigenvalue weighted by atomic mass is 79.9. The van der Waals surface area contributed by atoms with Crippen LogP contribution < -0.4 is 49.7 Å². The molecule has 41 heteroatoms. The van der Waals surface area contributed by atoms with Gasteiger partial charge in [-0.05, 0) is 120 Å². The summed E-state index contributed by atoms with van der Waals surface area (Å²) in [5.74, 6) is -1.49. The maximum atomic E-state index is 13.4. The van der Waals surface area contributed by atoms with Crippen molar-refractivity contribution in [2.75, 3.05) is 132 Å². The van der Waals surface area contributed by atoms with E-state index >= 15 is 0 Å². The zero-order chi connectivity index (χ0) is 84.7. The molecule has 6 heterocycles. The first kappa shape index (κ1) is 99.9. The molecular formula is C71H116BrN11O25P4. The Kier molecular flexibility index (Phi) is 43.1. The molecule has 0 radical (unpaired) electrons. The molecule has 3 saturated heterocycles. The number of benzene rings is 1. The van der Waals surface area contributed by atoms with Gasteiger partial charge in [-0.2, -0.15) is 0 Å². The predicted molar refractivity (Wildman–Crippen MR) is 428 cm³/mol. The minimum atomic E-state index is -2.45. The summed E-state index contributed by atoms with van der Waals surface area (Å²) in [4.78, 5) is 129. The molecule has 112 heavy (non-hydrogen) atoms. The van der Waals surface area contributed by atoms with Crippen molar-refractivity contribution in [3.63, 3.8) is 0 Å². The molecule has 7 N–H and O–H groups in total. The summed E-state index contributed by atoms with van der Waals surface area (Å²) < 4.78 is 103. The fourth-order valence-electron chi connectivity index (χ4n) is 11.5. The molecule has 3 aliphatic heterocycles. The number of likely N-dealkylation sites (N-methyl/N-ethyl adjacent to an activating group) is 3. The van der Waals surface area contributed by atoms with Crippen molar-refractivity contribution in [3.05, 3.63) is 145 Å². The van der Waals surface area contributed by atoms with Crippen LogP contribution in [0.3, 0.4) is 0 Å². The minimum Gasteiger partial charge on any atom is -0.465 e. The molecule has 0 saturated carbocycles. The van der Waals surface area contributed by atoms with Crippen LogP contribution in [0.5, 0.6) is 0 Å². The third-order valence-corrected chi connectivity index (χ3v) is 23.9. The summed E-state index contributed by atoms with van der Waals surface area (Å²) >= 11 is 2.94. The number of aliphatic hydroxyl groups is 2. The molecule has 3 amide bonds. The zero-order valence-electron chi connectivity index (χ0n) is 67.4. The second kappa shape index (κ2) is 48.3. The van der Waals surface area contributed by atoms with E-state index in [0.29, 0.717) is 55.2 Å². The molecule has 632 valence electrons. The highest BCUT2D eigenvalue weighted by Gasteiger charge is 2.51. The lowest BCUT2D eigenvalue weighted by Gasteiger charge is -2.38. The van der Waals surface area contributed by atoms with Gasteiger partial charge in [-0.15, -0.1) is 0 Å². The Balaban J connectivity index is 0.000000418. The Morgan fingerprint density at radius 2 is 1.08 bits per heavy atom. The van der Waals surface area contributed by atoms with E-state index in [1.807, 2.05) is 65.0 Å². The van der Waals surface area contributed by atoms with Crippen molar-refractivity contribution in [2.24, 2.45) is 5.92 Å². The van der Waals surface area contributed by atoms with E-state index in [1.54, 1.807) is 60.8 Å². The highest BCUT2D eigenvalue weighted by Crippen LogP contribution is 2.52. The van der Waals surface area contributed by atoms with Gasteiger partial charge in [0.1, 0.15) is 69.0 Å². The number of amides is 3. The van der Waals surface area contributed by atoms with Gasteiger partial charge in [0.2, 0.25) is 24.3 Å². The third kappa shape index (κ3) is 32.1. The lowest BCUT2D eigenvalue weighted by molar-refractivity contribution is -0.139. The van der Waals surface area contributed by atoms with Gasteiger partial charge in [0, 0.05) is 100 Å². The molecule has 7 rings (SSSR count). The van der Waals surface area contributed by atoms with Crippen LogP contribution in [-0.4, -0.2) is 259 Å². The van der Waals surface area contributed by atoms with Crippen LogP contribution in [0.4, 0.5) is 0 Å². The number of nitrogens with zero attached hydrogens (tertiary/aromatic N) is 6. The van der Waals surface area contributed by atoms with E-state index in [-0.39, 0.29) is 99.3 Å². The predicted octanol–water partition coefficient (Wildman–Crippen LogP) is 4.52. The number of aromatic nitrogens is 6. The normalized spacial score (nSPS) is 21.7. The fourth-order valence-corrected chi connectivity index (χ4v) is 16.1. The van der Waals surface area contributed by atoms with Crippen LogP contribution >= 0.6 is 45.9 Å².